The van der Waals surface area contributed by atoms with E-state index in [0.717, 1.165) is 16.4 Å². The lowest BCUT2D eigenvalue weighted by molar-refractivity contribution is 0.101. The summed E-state index contributed by atoms with van der Waals surface area (Å²) in [6.07, 6.45) is 3.54. The standard InChI is InChI=1S/C14H17N3O2S/c1-8-12(10(3)18)9(2)16-13(8)11(19)7-20-14-15-5-6-17(14)4/h5-6,16H,7H2,1-4H3. The highest BCUT2D eigenvalue weighted by atomic mass is 32.2. The number of aromatic nitrogens is 3. The number of aryl methyl sites for hydroxylation is 2. The molecule has 106 valence electrons. The zero-order valence-electron chi connectivity index (χ0n) is 12.0. The SMILES string of the molecule is CC(=O)c1c(C)[nH]c(C(=O)CSc2nccn2C)c1C. The Morgan fingerprint density at radius 3 is 2.60 bits per heavy atom. The smallest absolute Gasteiger partial charge is 0.189 e. The van der Waals surface area contributed by atoms with Crippen molar-refractivity contribution in [3.8, 4) is 0 Å². The molecule has 0 atom stereocenters. The Hall–Kier alpha value is -1.82. The third-order valence-electron chi connectivity index (χ3n) is 3.18. The molecule has 0 fully saturated rings. The van der Waals surface area contributed by atoms with Crippen molar-refractivity contribution < 1.29 is 9.59 Å². The van der Waals surface area contributed by atoms with Crippen LogP contribution in [0.15, 0.2) is 17.6 Å². The topological polar surface area (TPSA) is 67.8 Å². The van der Waals surface area contributed by atoms with E-state index in [1.807, 2.05) is 24.7 Å². The first-order valence-electron chi connectivity index (χ1n) is 6.25. The summed E-state index contributed by atoms with van der Waals surface area (Å²) in [5.41, 5.74) is 2.63. The summed E-state index contributed by atoms with van der Waals surface area (Å²) < 4.78 is 1.87. The van der Waals surface area contributed by atoms with Crippen LogP contribution in [-0.2, 0) is 7.05 Å². The van der Waals surface area contributed by atoms with Gasteiger partial charge in [-0.05, 0) is 26.3 Å². The van der Waals surface area contributed by atoms with Crippen molar-refractivity contribution in [1.29, 1.82) is 0 Å². The Morgan fingerprint density at radius 1 is 1.40 bits per heavy atom. The minimum absolute atomic E-state index is 0.0212. The second-order valence-corrected chi connectivity index (χ2v) is 5.66. The van der Waals surface area contributed by atoms with Crippen LogP contribution in [0.4, 0.5) is 0 Å². The fourth-order valence-corrected chi connectivity index (χ4v) is 3.05. The molecule has 0 saturated heterocycles. The predicted octanol–water partition coefficient (Wildman–Crippen LogP) is 2.54. The molecule has 2 aromatic heterocycles. The number of carbonyl (C=O) groups excluding carboxylic acids is 2. The summed E-state index contributed by atoms with van der Waals surface area (Å²) in [6, 6.07) is 0. The summed E-state index contributed by atoms with van der Waals surface area (Å²) in [4.78, 5) is 31.0. The van der Waals surface area contributed by atoms with E-state index in [-0.39, 0.29) is 11.6 Å². The third kappa shape index (κ3) is 2.70. The fraction of sp³-hybridized carbons (Fsp3) is 0.357. The number of nitrogens with zero attached hydrogens (tertiary/aromatic N) is 2. The Labute approximate surface area is 121 Å². The molecular formula is C14H17N3O2S. The summed E-state index contributed by atoms with van der Waals surface area (Å²) in [7, 11) is 1.89. The number of carbonyl (C=O) groups is 2. The fourth-order valence-electron chi connectivity index (χ4n) is 2.25. The Bertz CT molecular complexity index is 670. The van der Waals surface area contributed by atoms with E-state index in [4.69, 9.17) is 0 Å². The third-order valence-corrected chi connectivity index (χ3v) is 4.24. The summed E-state index contributed by atoms with van der Waals surface area (Å²) in [5.74, 6) is 0.251. The number of imidazole rings is 1. The van der Waals surface area contributed by atoms with Gasteiger partial charge < -0.3 is 9.55 Å². The van der Waals surface area contributed by atoms with Crippen LogP contribution in [0.2, 0.25) is 0 Å². The molecule has 6 heteroatoms. The van der Waals surface area contributed by atoms with Gasteiger partial charge in [0.25, 0.3) is 0 Å². The summed E-state index contributed by atoms with van der Waals surface area (Å²) >= 11 is 1.39. The lowest BCUT2D eigenvalue weighted by Gasteiger charge is -2.01. The maximum atomic E-state index is 12.3. The van der Waals surface area contributed by atoms with Crippen LogP contribution in [0.1, 0.15) is 39.0 Å². The Balaban J connectivity index is 2.16. The van der Waals surface area contributed by atoms with E-state index >= 15 is 0 Å². The molecule has 0 aliphatic carbocycles. The highest BCUT2D eigenvalue weighted by Crippen LogP contribution is 2.22. The number of hydrogen-bond acceptors (Lipinski definition) is 4. The molecule has 0 spiro atoms. The lowest BCUT2D eigenvalue weighted by Crippen LogP contribution is -2.06. The number of thioether (sulfide) groups is 1. The van der Waals surface area contributed by atoms with Crippen LogP contribution < -0.4 is 0 Å². The summed E-state index contributed by atoms with van der Waals surface area (Å²) in [5, 5.41) is 0.797. The molecule has 5 nitrogen and oxygen atoms in total. The number of ketones is 2. The van der Waals surface area contributed by atoms with Crippen molar-refractivity contribution in [2.24, 2.45) is 7.05 Å². The summed E-state index contributed by atoms with van der Waals surface area (Å²) in [6.45, 7) is 5.13. The molecule has 2 heterocycles. The number of Topliss-reactive ketones (excluding diaryl/α,β-unsaturated/α-hetero) is 2. The minimum atomic E-state index is -0.0221. The van der Waals surface area contributed by atoms with Crippen molar-refractivity contribution >= 4 is 23.3 Å². The quantitative estimate of drug-likeness (QED) is 0.679. The van der Waals surface area contributed by atoms with Gasteiger partial charge in [0.15, 0.2) is 16.7 Å². The van der Waals surface area contributed by atoms with Gasteiger partial charge in [-0.25, -0.2) is 4.98 Å². The maximum Gasteiger partial charge on any atom is 0.189 e. The van der Waals surface area contributed by atoms with Gasteiger partial charge in [-0.1, -0.05) is 11.8 Å². The van der Waals surface area contributed by atoms with E-state index in [9.17, 15) is 9.59 Å². The van der Waals surface area contributed by atoms with Gasteiger partial charge in [0, 0.05) is 30.7 Å². The van der Waals surface area contributed by atoms with Gasteiger partial charge >= 0.3 is 0 Å². The van der Waals surface area contributed by atoms with Gasteiger partial charge in [-0.2, -0.15) is 0 Å². The largest absolute Gasteiger partial charge is 0.355 e. The average Bonchev–Trinajstić information content (AvgIpc) is 2.90. The van der Waals surface area contributed by atoms with Crippen LogP contribution in [0.5, 0.6) is 0 Å². The van der Waals surface area contributed by atoms with Crippen LogP contribution in [-0.4, -0.2) is 31.9 Å². The molecule has 20 heavy (non-hydrogen) atoms. The van der Waals surface area contributed by atoms with Crippen molar-refractivity contribution in [2.75, 3.05) is 5.75 Å². The number of rotatable bonds is 5. The molecule has 2 rings (SSSR count). The van der Waals surface area contributed by atoms with Crippen LogP contribution in [0.25, 0.3) is 0 Å². The van der Waals surface area contributed by atoms with E-state index < -0.39 is 0 Å². The monoisotopic (exact) mass is 291 g/mol. The maximum absolute atomic E-state index is 12.3. The first-order chi connectivity index (χ1) is 9.41. The van der Waals surface area contributed by atoms with Gasteiger partial charge in [-0.3, -0.25) is 9.59 Å². The van der Waals surface area contributed by atoms with E-state index in [1.54, 1.807) is 13.1 Å². The molecular weight excluding hydrogens is 274 g/mol. The van der Waals surface area contributed by atoms with Crippen LogP contribution in [0.3, 0.4) is 0 Å². The highest BCUT2D eigenvalue weighted by molar-refractivity contribution is 7.99. The zero-order chi connectivity index (χ0) is 14.9. The number of aromatic amines is 1. The molecule has 0 unspecified atom stereocenters. The molecule has 1 N–H and O–H groups in total. The van der Waals surface area contributed by atoms with E-state index in [1.165, 1.54) is 18.7 Å². The first kappa shape index (κ1) is 14.6. The number of H-pyrrole nitrogens is 1. The van der Waals surface area contributed by atoms with Gasteiger partial charge in [0.2, 0.25) is 0 Å². The molecule has 0 amide bonds. The second-order valence-electron chi connectivity index (χ2n) is 4.71. The Kier molecular flexibility index (Phi) is 4.13. The van der Waals surface area contributed by atoms with Crippen molar-refractivity contribution in [3.63, 3.8) is 0 Å². The number of hydrogen-bond donors (Lipinski definition) is 1. The highest BCUT2D eigenvalue weighted by Gasteiger charge is 2.20. The Morgan fingerprint density at radius 2 is 2.10 bits per heavy atom. The second kappa shape index (κ2) is 5.66. The molecule has 0 aliphatic heterocycles. The van der Waals surface area contributed by atoms with Gasteiger partial charge in [0.05, 0.1) is 11.4 Å². The van der Waals surface area contributed by atoms with Crippen molar-refractivity contribution in [1.82, 2.24) is 14.5 Å². The van der Waals surface area contributed by atoms with Crippen molar-refractivity contribution in [3.05, 3.63) is 34.9 Å². The van der Waals surface area contributed by atoms with Gasteiger partial charge in [0.1, 0.15) is 0 Å². The molecule has 0 aromatic carbocycles. The number of nitrogens with one attached hydrogen (secondary N) is 1. The zero-order valence-corrected chi connectivity index (χ0v) is 12.8. The van der Waals surface area contributed by atoms with E-state index in [2.05, 4.69) is 9.97 Å². The molecule has 0 aliphatic rings. The molecule has 0 saturated carbocycles. The normalized spacial score (nSPS) is 10.8. The molecule has 0 bridgehead atoms. The van der Waals surface area contributed by atoms with Crippen molar-refractivity contribution in [2.45, 2.75) is 25.9 Å². The van der Waals surface area contributed by atoms with Crippen LogP contribution in [0, 0.1) is 13.8 Å². The minimum Gasteiger partial charge on any atom is -0.355 e. The first-order valence-corrected chi connectivity index (χ1v) is 7.23. The predicted molar refractivity (Wildman–Crippen MR) is 78.5 cm³/mol. The molecule has 0 radical (unpaired) electrons. The molecule has 2 aromatic rings. The van der Waals surface area contributed by atoms with Gasteiger partial charge in [-0.15, -0.1) is 0 Å². The lowest BCUT2D eigenvalue weighted by atomic mass is 10.1. The van der Waals surface area contributed by atoms with Crippen LogP contribution >= 0.6 is 11.8 Å². The van der Waals surface area contributed by atoms with E-state index in [0.29, 0.717) is 17.0 Å². The average molecular weight is 291 g/mol.